The molecule has 14 heteroatoms. The Bertz CT molecular complexity index is 2040. The molecule has 230 valence electrons. The lowest BCUT2D eigenvalue weighted by molar-refractivity contribution is -0.128. The minimum Gasteiger partial charge on any atom is -0.507 e. The van der Waals surface area contributed by atoms with Crippen LogP contribution in [0, 0.1) is 17.1 Å². The van der Waals surface area contributed by atoms with Gasteiger partial charge in [0.05, 0.1) is 40.2 Å². The highest BCUT2D eigenvalue weighted by Gasteiger charge is 2.44. The number of likely N-dealkylation sites (N-methyl/N-ethyl adjacent to an activating group) is 1. The number of aromatic nitrogens is 4. The maximum absolute atomic E-state index is 15.2. The second-order valence-corrected chi connectivity index (χ2v) is 12.2. The van der Waals surface area contributed by atoms with E-state index in [-0.39, 0.29) is 64.5 Å². The summed E-state index contributed by atoms with van der Waals surface area (Å²) in [5.41, 5.74) is -1.39. The summed E-state index contributed by atoms with van der Waals surface area (Å²) in [6.07, 6.45) is 2.52. The molecule has 2 amide bonds. The Balaban J connectivity index is 1.76. The van der Waals surface area contributed by atoms with E-state index in [1.165, 1.54) is 56.6 Å². The summed E-state index contributed by atoms with van der Waals surface area (Å²) in [5.74, 6) is -1.85. The van der Waals surface area contributed by atoms with Gasteiger partial charge in [-0.05, 0) is 45.0 Å². The molecule has 0 radical (unpaired) electrons. The number of piperazine rings is 1. The minimum atomic E-state index is -0.831. The normalized spacial score (nSPS) is 16.4. The van der Waals surface area contributed by atoms with Crippen molar-refractivity contribution in [1.29, 1.82) is 5.26 Å². The lowest BCUT2D eigenvalue weighted by atomic mass is 10.0. The summed E-state index contributed by atoms with van der Waals surface area (Å²) >= 11 is 6.77. The number of nitrogens with zero attached hydrogens (tertiary/aromatic N) is 8. The summed E-state index contributed by atoms with van der Waals surface area (Å²) in [5, 5.41) is 25.4. The fourth-order valence-corrected chi connectivity index (χ4v) is 6.26. The number of amides is 2. The van der Waals surface area contributed by atoms with E-state index < -0.39 is 34.6 Å². The van der Waals surface area contributed by atoms with Crippen LogP contribution in [0.1, 0.15) is 26.3 Å². The summed E-state index contributed by atoms with van der Waals surface area (Å²) in [4.78, 5) is 50.2. The first kappa shape index (κ1) is 29.8. The van der Waals surface area contributed by atoms with Crippen LogP contribution < -0.4 is 15.4 Å². The van der Waals surface area contributed by atoms with E-state index in [1.54, 1.807) is 4.90 Å². The van der Waals surface area contributed by atoms with Crippen molar-refractivity contribution in [3.8, 4) is 28.9 Å². The molecule has 12 nitrogen and oxygen atoms in total. The van der Waals surface area contributed by atoms with Gasteiger partial charge in [0, 0.05) is 25.5 Å². The minimum absolute atomic E-state index is 0.00519. The number of aromatic hydroxyl groups is 1. The molecule has 1 atom stereocenters. The number of anilines is 2. The molecule has 0 spiro atoms. The van der Waals surface area contributed by atoms with Crippen LogP contribution in [0.2, 0.25) is 5.02 Å². The van der Waals surface area contributed by atoms with Gasteiger partial charge < -0.3 is 19.8 Å². The van der Waals surface area contributed by atoms with Crippen LogP contribution in [0.25, 0.3) is 28.1 Å². The summed E-state index contributed by atoms with van der Waals surface area (Å²) in [6.45, 7) is 9.57. The second-order valence-electron chi connectivity index (χ2n) is 11.8. The van der Waals surface area contributed by atoms with Crippen molar-refractivity contribution in [1.82, 2.24) is 24.2 Å². The fourth-order valence-electron chi connectivity index (χ4n) is 6.02. The Labute approximate surface area is 261 Å². The van der Waals surface area contributed by atoms with Crippen molar-refractivity contribution in [3.63, 3.8) is 0 Å². The topological polar surface area (TPSA) is 141 Å². The van der Waals surface area contributed by atoms with Gasteiger partial charge in [-0.2, -0.15) is 10.4 Å². The van der Waals surface area contributed by atoms with Gasteiger partial charge in [0.1, 0.15) is 34.9 Å². The zero-order valence-electron chi connectivity index (χ0n) is 24.9. The highest BCUT2D eigenvalue weighted by Crippen LogP contribution is 2.44. The molecule has 5 heterocycles. The Morgan fingerprint density at radius 2 is 1.98 bits per heavy atom. The van der Waals surface area contributed by atoms with Crippen LogP contribution in [0.4, 0.5) is 15.8 Å². The van der Waals surface area contributed by atoms with Crippen molar-refractivity contribution >= 4 is 45.8 Å². The number of nitriles is 1. The molecule has 2 aliphatic rings. The average molecular weight is 631 g/mol. The first-order valence-electron chi connectivity index (χ1n) is 14.0. The molecule has 45 heavy (non-hydrogen) atoms. The molecule has 0 unspecified atom stereocenters. The van der Waals surface area contributed by atoms with E-state index in [9.17, 15) is 24.8 Å². The van der Waals surface area contributed by atoms with Crippen molar-refractivity contribution in [2.45, 2.75) is 32.4 Å². The molecule has 4 aromatic rings. The van der Waals surface area contributed by atoms with Crippen LogP contribution >= 0.6 is 11.6 Å². The summed E-state index contributed by atoms with van der Waals surface area (Å²) in [6, 6.07) is 6.53. The SMILES string of the molecule is C=CC(=O)N1CCN2c3c(c(=O)n(-c4c(C#N)cnn4C(C)(C)C)c4nc(-c5c(O)cccc5F)c(Cl)cc34)N(C)C(=O)[C@H]2C1. The molecule has 2 aliphatic heterocycles. The van der Waals surface area contributed by atoms with E-state index in [0.717, 1.165) is 6.07 Å². The molecule has 6 rings (SSSR count). The molecule has 0 aliphatic carbocycles. The highest BCUT2D eigenvalue weighted by molar-refractivity contribution is 6.34. The largest absolute Gasteiger partial charge is 0.507 e. The number of halogens is 2. The molecule has 0 saturated carbocycles. The maximum Gasteiger partial charge on any atom is 0.284 e. The Hall–Kier alpha value is -5.22. The van der Waals surface area contributed by atoms with E-state index in [2.05, 4.69) is 17.7 Å². The van der Waals surface area contributed by atoms with Gasteiger partial charge in [0.25, 0.3) is 11.5 Å². The molecule has 0 bridgehead atoms. The number of hydrogen-bond donors (Lipinski definition) is 1. The summed E-state index contributed by atoms with van der Waals surface area (Å²) in [7, 11) is 1.47. The average Bonchev–Trinajstić information content (AvgIpc) is 3.43. The molecule has 1 saturated heterocycles. The first-order valence-corrected chi connectivity index (χ1v) is 14.4. The number of pyridine rings is 2. The van der Waals surface area contributed by atoms with E-state index >= 15 is 4.39 Å². The van der Waals surface area contributed by atoms with Crippen LogP contribution in [0.15, 0.2) is 47.9 Å². The molecule has 1 aromatic carbocycles. The third-order valence-corrected chi connectivity index (χ3v) is 8.39. The number of phenols is 1. The van der Waals surface area contributed by atoms with Gasteiger partial charge in [0.2, 0.25) is 5.91 Å². The summed E-state index contributed by atoms with van der Waals surface area (Å²) < 4.78 is 17.8. The van der Waals surface area contributed by atoms with Gasteiger partial charge in [0.15, 0.2) is 11.5 Å². The third-order valence-electron chi connectivity index (χ3n) is 8.10. The molecular weight excluding hydrogens is 603 g/mol. The van der Waals surface area contributed by atoms with Crippen LogP contribution in [-0.2, 0) is 15.1 Å². The first-order chi connectivity index (χ1) is 21.3. The van der Waals surface area contributed by atoms with E-state index in [1.807, 2.05) is 20.8 Å². The van der Waals surface area contributed by atoms with E-state index in [0.29, 0.717) is 11.1 Å². The number of phenolic OH excluding ortho intramolecular Hbond substituents is 1. The zero-order valence-corrected chi connectivity index (χ0v) is 25.6. The number of carbonyl (C=O) groups is 2. The third kappa shape index (κ3) is 4.43. The monoisotopic (exact) mass is 630 g/mol. The van der Waals surface area contributed by atoms with Gasteiger partial charge in [-0.15, -0.1) is 0 Å². The van der Waals surface area contributed by atoms with Crippen molar-refractivity contribution in [2.24, 2.45) is 0 Å². The Kier molecular flexibility index (Phi) is 6.93. The number of rotatable bonds is 3. The maximum atomic E-state index is 15.2. The van der Waals surface area contributed by atoms with Gasteiger partial charge in [-0.25, -0.2) is 18.6 Å². The van der Waals surface area contributed by atoms with Gasteiger partial charge in [-0.1, -0.05) is 24.2 Å². The smallest absolute Gasteiger partial charge is 0.284 e. The second kappa shape index (κ2) is 10.4. The standard InChI is InChI=1S/C31H28ClFN8O4/c1-6-22(43)38-10-11-39-20(15-38)29(44)37(5)26-25(39)17-12-18(32)24(23-19(33)8-7-9-21(23)42)36-27(17)40(30(26)45)28-16(13-34)14-35-41(28)31(2,3)4/h6-9,12,14,20,42H,1,10-11,15H2,2-5H3/t20-/m1/s1. The predicted molar refractivity (Wildman–Crippen MR) is 166 cm³/mol. The highest BCUT2D eigenvalue weighted by atomic mass is 35.5. The van der Waals surface area contributed by atoms with Crippen LogP contribution in [0.3, 0.4) is 0 Å². The quantitative estimate of drug-likeness (QED) is 0.339. The number of carbonyl (C=O) groups excluding carboxylic acids is 2. The van der Waals surface area contributed by atoms with Crippen LogP contribution in [0.5, 0.6) is 5.75 Å². The zero-order chi connectivity index (χ0) is 32.5. The molecule has 3 aromatic heterocycles. The van der Waals surface area contributed by atoms with Crippen molar-refractivity contribution in [3.05, 3.63) is 69.9 Å². The van der Waals surface area contributed by atoms with E-state index in [4.69, 9.17) is 16.6 Å². The number of fused-ring (bicyclic) bond motifs is 5. The van der Waals surface area contributed by atoms with Crippen molar-refractivity contribution in [2.75, 3.05) is 36.5 Å². The Morgan fingerprint density at radius 3 is 2.62 bits per heavy atom. The number of hydrogen-bond acceptors (Lipinski definition) is 8. The molecular formula is C31H28ClFN8O4. The fraction of sp³-hybridized carbons (Fsp3) is 0.290. The predicted octanol–water partition coefficient (Wildman–Crippen LogP) is 3.55. The van der Waals surface area contributed by atoms with Crippen LogP contribution in [-0.4, -0.2) is 73.9 Å². The number of benzene rings is 1. The lowest BCUT2D eigenvalue weighted by Crippen LogP contribution is -2.63. The lowest BCUT2D eigenvalue weighted by Gasteiger charge is -2.47. The van der Waals surface area contributed by atoms with Gasteiger partial charge in [-0.3, -0.25) is 14.4 Å². The van der Waals surface area contributed by atoms with Gasteiger partial charge >= 0.3 is 0 Å². The van der Waals surface area contributed by atoms with Crippen molar-refractivity contribution < 1.29 is 19.1 Å². The molecule has 1 fully saturated rings. The Morgan fingerprint density at radius 1 is 1.24 bits per heavy atom. The molecule has 1 N–H and O–H groups in total.